The van der Waals surface area contributed by atoms with Crippen LogP contribution in [0.15, 0.2) is 47.4 Å². The van der Waals surface area contributed by atoms with Crippen LogP contribution in [0, 0.1) is 6.92 Å². The van der Waals surface area contributed by atoms with Gasteiger partial charge >= 0.3 is 0 Å². The lowest BCUT2D eigenvalue weighted by Gasteiger charge is -2.16. The molecule has 2 N–H and O–H groups in total. The third-order valence-electron chi connectivity index (χ3n) is 3.58. The van der Waals surface area contributed by atoms with E-state index in [0.717, 1.165) is 5.56 Å². The van der Waals surface area contributed by atoms with Gasteiger partial charge in [0.25, 0.3) is 5.91 Å². The van der Waals surface area contributed by atoms with E-state index >= 15 is 0 Å². The van der Waals surface area contributed by atoms with Crippen molar-refractivity contribution >= 4 is 33.2 Å². The molecule has 2 aromatic carbocycles. The van der Waals surface area contributed by atoms with Crippen LogP contribution in [-0.2, 0) is 14.8 Å². The second kappa shape index (κ2) is 8.73. The Labute approximate surface area is 164 Å². The maximum atomic E-state index is 12.3. The van der Waals surface area contributed by atoms with Crippen molar-refractivity contribution in [2.24, 2.45) is 0 Å². The molecule has 1 atom stereocenters. The molecule has 0 aliphatic carbocycles. The fraction of sp³-hybridized carbons (Fsp3) is 0.316. The van der Waals surface area contributed by atoms with E-state index in [1.807, 2.05) is 13.0 Å². The molecule has 0 aliphatic rings. The summed E-state index contributed by atoms with van der Waals surface area (Å²) >= 11 is 6.08. The molecule has 0 spiro atoms. The summed E-state index contributed by atoms with van der Waals surface area (Å²) in [5, 5.41) is 3.12. The number of nitrogens with one attached hydrogen (secondary N) is 2. The Morgan fingerprint density at radius 3 is 2.30 bits per heavy atom. The van der Waals surface area contributed by atoms with Crippen LogP contribution >= 0.6 is 11.6 Å². The SMILES string of the molecule is Cc1ccc(Cl)c(OC(C)C(=O)Nc2ccc(S(=O)(=O)NC(C)C)cc2)c1. The summed E-state index contributed by atoms with van der Waals surface area (Å²) in [6.45, 7) is 7.00. The molecule has 0 aliphatic heterocycles. The highest BCUT2D eigenvalue weighted by atomic mass is 35.5. The lowest BCUT2D eigenvalue weighted by molar-refractivity contribution is -0.122. The van der Waals surface area contributed by atoms with Crippen LogP contribution in [0.4, 0.5) is 5.69 Å². The molecular formula is C19H23ClN2O4S. The van der Waals surface area contributed by atoms with Gasteiger partial charge in [-0.05, 0) is 69.7 Å². The first-order chi connectivity index (χ1) is 12.6. The fourth-order valence-corrected chi connectivity index (χ4v) is 3.70. The van der Waals surface area contributed by atoms with Crippen molar-refractivity contribution in [2.75, 3.05) is 5.32 Å². The predicted molar refractivity (Wildman–Crippen MR) is 107 cm³/mol. The van der Waals surface area contributed by atoms with E-state index < -0.39 is 16.1 Å². The van der Waals surface area contributed by atoms with Gasteiger partial charge in [-0.25, -0.2) is 13.1 Å². The number of ether oxygens (including phenoxy) is 1. The van der Waals surface area contributed by atoms with Gasteiger partial charge in [0, 0.05) is 11.7 Å². The number of benzene rings is 2. The minimum Gasteiger partial charge on any atom is -0.479 e. The van der Waals surface area contributed by atoms with Crippen LogP contribution in [0.2, 0.25) is 5.02 Å². The number of carbonyl (C=O) groups excluding carboxylic acids is 1. The number of hydrogen-bond acceptors (Lipinski definition) is 4. The number of halogens is 1. The highest BCUT2D eigenvalue weighted by molar-refractivity contribution is 7.89. The summed E-state index contributed by atoms with van der Waals surface area (Å²) < 4.78 is 32.4. The van der Waals surface area contributed by atoms with E-state index in [4.69, 9.17) is 16.3 Å². The Hall–Kier alpha value is -2.09. The topological polar surface area (TPSA) is 84.5 Å². The van der Waals surface area contributed by atoms with E-state index in [9.17, 15) is 13.2 Å². The smallest absolute Gasteiger partial charge is 0.265 e. The van der Waals surface area contributed by atoms with E-state index in [2.05, 4.69) is 10.0 Å². The van der Waals surface area contributed by atoms with Crippen LogP contribution in [0.25, 0.3) is 0 Å². The summed E-state index contributed by atoms with van der Waals surface area (Å²) in [4.78, 5) is 12.5. The summed E-state index contributed by atoms with van der Waals surface area (Å²) in [7, 11) is -3.57. The summed E-state index contributed by atoms with van der Waals surface area (Å²) in [5.74, 6) is 0.0593. The molecule has 0 aromatic heterocycles. The molecule has 2 rings (SSSR count). The standard InChI is InChI=1S/C19H23ClN2O4S/c1-12(2)22-27(24,25)16-8-6-15(7-9-16)21-19(23)14(4)26-18-11-13(3)5-10-17(18)20/h5-12,14,22H,1-4H3,(H,21,23). The second-order valence-corrected chi connectivity index (χ2v) is 8.60. The zero-order valence-corrected chi connectivity index (χ0v) is 17.2. The predicted octanol–water partition coefficient (Wildman–Crippen LogP) is 3.74. The number of aryl methyl sites for hydroxylation is 1. The van der Waals surface area contributed by atoms with Gasteiger partial charge in [0.15, 0.2) is 6.10 Å². The molecule has 0 heterocycles. The first-order valence-corrected chi connectivity index (χ1v) is 10.3. The molecule has 146 valence electrons. The zero-order chi connectivity index (χ0) is 20.2. The summed E-state index contributed by atoms with van der Waals surface area (Å²) in [6, 6.07) is 11.0. The van der Waals surface area contributed by atoms with Gasteiger partial charge < -0.3 is 10.1 Å². The van der Waals surface area contributed by atoms with Crippen LogP contribution in [0.1, 0.15) is 26.3 Å². The van der Waals surface area contributed by atoms with Crippen LogP contribution in [-0.4, -0.2) is 26.5 Å². The normalized spacial score (nSPS) is 12.7. The van der Waals surface area contributed by atoms with Crippen LogP contribution < -0.4 is 14.8 Å². The largest absolute Gasteiger partial charge is 0.479 e. The molecule has 1 unspecified atom stereocenters. The molecule has 0 fully saturated rings. The van der Waals surface area contributed by atoms with Gasteiger partial charge in [-0.1, -0.05) is 17.7 Å². The number of carbonyl (C=O) groups is 1. The molecule has 6 nitrogen and oxygen atoms in total. The maximum Gasteiger partial charge on any atom is 0.265 e. The van der Waals surface area contributed by atoms with Crippen LogP contribution in [0.3, 0.4) is 0 Å². The lowest BCUT2D eigenvalue weighted by Crippen LogP contribution is -2.31. The quantitative estimate of drug-likeness (QED) is 0.728. The molecule has 27 heavy (non-hydrogen) atoms. The van der Waals surface area contributed by atoms with Crippen molar-refractivity contribution in [3.05, 3.63) is 53.1 Å². The lowest BCUT2D eigenvalue weighted by atomic mass is 10.2. The van der Waals surface area contributed by atoms with Gasteiger partial charge in [0.05, 0.1) is 9.92 Å². The van der Waals surface area contributed by atoms with E-state index in [0.29, 0.717) is 16.5 Å². The molecule has 0 saturated carbocycles. The van der Waals surface area contributed by atoms with Gasteiger partial charge in [0.2, 0.25) is 10.0 Å². The van der Waals surface area contributed by atoms with Gasteiger partial charge in [-0.3, -0.25) is 4.79 Å². The zero-order valence-electron chi connectivity index (χ0n) is 15.6. The summed E-state index contributed by atoms with van der Waals surface area (Å²) in [6.07, 6.45) is -0.782. The van der Waals surface area contributed by atoms with E-state index in [-0.39, 0.29) is 16.8 Å². The number of amides is 1. The average Bonchev–Trinajstić information content (AvgIpc) is 2.57. The van der Waals surface area contributed by atoms with Gasteiger partial charge in [0.1, 0.15) is 5.75 Å². The number of hydrogen-bond donors (Lipinski definition) is 2. The number of sulfonamides is 1. The minimum absolute atomic E-state index is 0.130. The van der Waals surface area contributed by atoms with Crippen LogP contribution in [0.5, 0.6) is 5.75 Å². The maximum absolute atomic E-state index is 12.3. The Morgan fingerprint density at radius 2 is 1.70 bits per heavy atom. The molecule has 1 amide bonds. The van der Waals surface area contributed by atoms with Crippen molar-refractivity contribution < 1.29 is 17.9 Å². The van der Waals surface area contributed by atoms with E-state index in [1.165, 1.54) is 24.3 Å². The first kappa shape index (κ1) is 21.2. The minimum atomic E-state index is -3.57. The Bertz CT molecular complexity index is 912. The molecule has 0 saturated heterocycles. The van der Waals surface area contributed by atoms with Crippen molar-refractivity contribution in [1.82, 2.24) is 4.72 Å². The highest BCUT2D eigenvalue weighted by Crippen LogP contribution is 2.26. The Morgan fingerprint density at radius 1 is 1.07 bits per heavy atom. The second-order valence-electron chi connectivity index (χ2n) is 6.48. The molecule has 8 heteroatoms. The fourth-order valence-electron chi connectivity index (χ4n) is 2.28. The number of anilines is 1. The van der Waals surface area contributed by atoms with Gasteiger partial charge in [-0.15, -0.1) is 0 Å². The molecule has 2 aromatic rings. The van der Waals surface area contributed by atoms with E-state index in [1.54, 1.807) is 32.9 Å². The average molecular weight is 411 g/mol. The number of rotatable bonds is 7. The highest BCUT2D eigenvalue weighted by Gasteiger charge is 2.18. The molecule has 0 radical (unpaired) electrons. The summed E-state index contributed by atoms with van der Waals surface area (Å²) in [5.41, 5.74) is 1.43. The van der Waals surface area contributed by atoms with Crippen molar-refractivity contribution in [1.29, 1.82) is 0 Å². The Balaban J connectivity index is 2.04. The third kappa shape index (κ3) is 5.95. The Kier molecular flexibility index (Phi) is 6.86. The van der Waals surface area contributed by atoms with Crippen molar-refractivity contribution in [3.8, 4) is 5.75 Å². The van der Waals surface area contributed by atoms with Gasteiger partial charge in [-0.2, -0.15) is 0 Å². The van der Waals surface area contributed by atoms with Crippen molar-refractivity contribution in [3.63, 3.8) is 0 Å². The van der Waals surface area contributed by atoms with Crippen molar-refractivity contribution in [2.45, 2.75) is 44.7 Å². The molecule has 0 bridgehead atoms. The molecular weight excluding hydrogens is 388 g/mol. The first-order valence-electron chi connectivity index (χ1n) is 8.44. The monoisotopic (exact) mass is 410 g/mol. The third-order valence-corrected chi connectivity index (χ3v) is 5.57.